The van der Waals surface area contributed by atoms with E-state index in [1.165, 1.54) is 0 Å². The van der Waals surface area contributed by atoms with Crippen LogP contribution in [-0.4, -0.2) is 25.6 Å². The molecule has 0 saturated heterocycles. The van der Waals surface area contributed by atoms with Gasteiger partial charge in [-0.25, -0.2) is 0 Å². The van der Waals surface area contributed by atoms with Gasteiger partial charge in [-0.15, -0.1) is 0 Å². The fourth-order valence-corrected chi connectivity index (χ4v) is 2.62. The summed E-state index contributed by atoms with van der Waals surface area (Å²) in [5, 5.41) is 6.82. The first-order valence-electron chi connectivity index (χ1n) is 7.94. The van der Waals surface area contributed by atoms with Gasteiger partial charge in [-0.1, -0.05) is 6.07 Å². The monoisotopic (exact) mass is 360 g/mol. The number of rotatable bonds is 6. The van der Waals surface area contributed by atoms with Crippen molar-refractivity contribution in [2.24, 2.45) is 0 Å². The Morgan fingerprint density at radius 2 is 1.96 bits per heavy atom. The lowest BCUT2D eigenvalue weighted by atomic mass is 10.2. The van der Waals surface area contributed by atoms with Crippen molar-refractivity contribution in [3.8, 4) is 23.0 Å². The number of fused-ring (bicyclic) bond motifs is 1. The Bertz CT molecular complexity index is 767. The molecule has 132 valence electrons. The molecule has 7 heteroatoms. The van der Waals surface area contributed by atoms with Gasteiger partial charge in [0, 0.05) is 18.3 Å². The highest BCUT2D eigenvalue weighted by atomic mass is 32.1. The summed E-state index contributed by atoms with van der Waals surface area (Å²) in [6.45, 7) is 3.36. The van der Waals surface area contributed by atoms with Crippen molar-refractivity contribution in [3.63, 3.8) is 0 Å². The first-order valence-corrected chi connectivity index (χ1v) is 8.34. The molecule has 0 unspecified atom stereocenters. The van der Waals surface area contributed by atoms with Crippen LogP contribution >= 0.6 is 12.2 Å². The van der Waals surface area contributed by atoms with Crippen LogP contribution in [0.3, 0.4) is 0 Å². The van der Waals surface area contributed by atoms with E-state index in [9.17, 15) is 0 Å². The van der Waals surface area contributed by atoms with Gasteiger partial charge in [-0.05, 0) is 49.0 Å². The maximum absolute atomic E-state index is 5.51. The predicted molar refractivity (Wildman–Crippen MR) is 99.8 cm³/mol. The Balaban J connectivity index is 1.57. The second-order valence-corrected chi connectivity index (χ2v) is 5.70. The Hall–Kier alpha value is -2.67. The average Bonchev–Trinajstić information content (AvgIpc) is 3.09. The molecule has 0 radical (unpaired) electrons. The predicted octanol–water partition coefficient (Wildman–Crippen LogP) is 3.31. The van der Waals surface area contributed by atoms with Gasteiger partial charge in [0.25, 0.3) is 0 Å². The second kappa shape index (κ2) is 7.94. The van der Waals surface area contributed by atoms with Gasteiger partial charge in [-0.3, -0.25) is 0 Å². The Morgan fingerprint density at radius 1 is 1.12 bits per heavy atom. The van der Waals surface area contributed by atoms with Gasteiger partial charge >= 0.3 is 0 Å². The van der Waals surface area contributed by atoms with Gasteiger partial charge in [0.15, 0.2) is 28.1 Å². The quantitative estimate of drug-likeness (QED) is 0.767. The van der Waals surface area contributed by atoms with E-state index in [1.807, 2.05) is 43.3 Å². The molecule has 2 aromatic rings. The Kier molecular flexibility index (Phi) is 5.45. The van der Waals surface area contributed by atoms with Crippen LogP contribution in [0.25, 0.3) is 0 Å². The number of hydrogen-bond donors (Lipinski definition) is 2. The highest BCUT2D eigenvalue weighted by molar-refractivity contribution is 7.80. The zero-order valence-electron chi connectivity index (χ0n) is 14.1. The molecule has 1 heterocycles. The molecular weight excluding hydrogens is 340 g/mol. The van der Waals surface area contributed by atoms with Crippen LogP contribution in [0.1, 0.15) is 12.5 Å². The topological polar surface area (TPSA) is 61.0 Å². The minimum absolute atomic E-state index is 0.270. The van der Waals surface area contributed by atoms with Crippen LogP contribution in [0.5, 0.6) is 23.0 Å². The summed E-state index contributed by atoms with van der Waals surface area (Å²) in [6.07, 6.45) is 0. The molecule has 0 aromatic heterocycles. The molecule has 0 saturated carbocycles. The number of benzene rings is 2. The summed E-state index contributed by atoms with van der Waals surface area (Å²) >= 11 is 5.35. The molecule has 0 amide bonds. The maximum Gasteiger partial charge on any atom is 0.231 e. The SMILES string of the molecule is CCOc1ccc(NC(=S)NCc2ccc3c(c2)OCO3)cc1OC. The molecule has 25 heavy (non-hydrogen) atoms. The molecular formula is C18H20N2O4S. The van der Waals surface area contributed by atoms with E-state index in [-0.39, 0.29) is 6.79 Å². The Morgan fingerprint density at radius 3 is 2.76 bits per heavy atom. The molecule has 0 bridgehead atoms. The molecule has 0 spiro atoms. The smallest absolute Gasteiger partial charge is 0.231 e. The summed E-state index contributed by atoms with van der Waals surface area (Å²) < 4.78 is 21.5. The number of ether oxygens (including phenoxy) is 4. The summed E-state index contributed by atoms with van der Waals surface area (Å²) in [4.78, 5) is 0. The van der Waals surface area contributed by atoms with Crippen LogP contribution in [0.2, 0.25) is 0 Å². The van der Waals surface area contributed by atoms with Crippen molar-refractivity contribution < 1.29 is 18.9 Å². The van der Waals surface area contributed by atoms with Crippen LogP contribution in [-0.2, 0) is 6.54 Å². The number of hydrogen-bond acceptors (Lipinski definition) is 5. The van der Waals surface area contributed by atoms with Crippen molar-refractivity contribution in [3.05, 3.63) is 42.0 Å². The lowest BCUT2D eigenvalue weighted by molar-refractivity contribution is 0.174. The lowest BCUT2D eigenvalue weighted by Gasteiger charge is -2.14. The third-order valence-electron chi connectivity index (χ3n) is 3.61. The van der Waals surface area contributed by atoms with Crippen molar-refractivity contribution in [1.29, 1.82) is 0 Å². The molecule has 0 fully saturated rings. The zero-order chi connectivity index (χ0) is 17.6. The zero-order valence-corrected chi connectivity index (χ0v) is 14.9. The highest BCUT2D eigenvalue weighted by Crippen LogP contribution is 2.32. The summed E-state index contributed by atoms with van der Waals surface area (Å²) in [6, 6.07) is 11.4. The van der Waals surface area contributed by atoms with Gasteiger partial charge in [-0.2, -0.15) is 0 Å². The lowest BCUT2D eigenvalue weighted by Crippen LogP contribution is -2.27. The third kappa shape index (κ3) is 4.24. The van der Waals surface area contributed by atoms with E-state index in [0.717, 1.165) is 22.7 Å². The van der Waals surface area contributed by atoms with Gasteiger partial charge in [0.05, 0.1) is 13.7 Å². The molecule has 1 aliphatic rings. The Labute approximate surface area is 152 Å². The van der Waals surface area contributed by atoms with Crippen LogP contribution < -0.4 is 29.6 Å². The van der Waals surface area contributed by atoms with Crippen molar-refractivity contribution in [2.45, 2.75) is 13.5 Å². The van der Waals surface area contributed by atoms with Crippen LogP contribution in [0, 0.1) is 0 Å². The summed E-state index contributed by atoms with van der Waals surface area (Å²) in [5.74, 6) is 2.89. The van der Waals surface area contributed by atoms with E-state index in [2.05, 4.69) is 10.6 Å². The van der Waals surface area contributed by atoms with Crippen molar-refractivity contribution in [1.82, 2.24) is 5.32 Å². The minimum atomic E-state index is 0.270. The van der Waals surface area contributed by atoms with Gasteiger partial charge < -0.3 is 29.6 Å². The van der Waals surface area contributed by atoms with Gasteiger partial charge in [0.2, 0.25) is 6.79 Å². The fourth-order valence-electron chi connectivity index (χ4n) is 2.43. The van der Waals surface area contributed by atoms with E-state index in [1.54, 1.807) is 7.11 Å². The van der Waals surface area contributed by atoms with Gasteiger partial charge in [0.1, 0.15) is 0 Å². The standard InChI is InChI=1S/C18H20N2O4S/c1-3-22-14-7-5-13(9-16(14)21-2)20-18(25)19-10-12-4-6-15-17(8-12)24-11-23-15/h4-9H,3,10-11H2,1-2H3,(H2,19,20,25). The fraction of sp³-hybridized carbons (Fsp3) is 0.278. The minimum Gasteiger partial charge on any atom is -0.493 e. The molecule has 0 aliphatic carbocycles. The first kappa shape index (κ1) is 17.2. The number of anilines is 1. The summed E-state index contributed by atoms with van der Waals surface area (Å²) in [7, 11) is 1.61. The van der Waals surface area contributed by atoms with E-state index in [0.29, 0.717) is 29.8 Å². The maximum atomic E-state index is 5.51. The number of nitrogens with one attached hydrogen (secondary N) is 2. The number of methoxy groups -OCH3 is 1. The van der Waals surface area contributed by atoms with E-state index in [4.69, 9.17) is 31.2 Å². The van der Waals surface area contributed by atoms with Crippen LogP contribution in [0.15, 0.2) is 36.4 Å². The largest absolute Gasteiger partial charge is 0.493 e. The molecule has 0 atom stereocenters. The normalized spacial score (nSPS) is 11.8. The second-order valence-electron chi connectivity index (χ2n) is 5.29. The molecule has 6 nitrogen and oxygen atoms in total. The first-order chi connectivity index (χ1) is 12.2. The van der Waals surface area contributed by atoms with Crippen LogP contribution in [0.4, 0.5) is 5.69 Å². The molecule has 3 rings (SSSR count). The summed E-state index contributed by atoms with van der Waals surface area (Å²) in [5.41, 5.74) is 1.88. The highest BCUT2D eigenvalue weighted by Gasteiger charge is 2.13. The molecule has 2 N–H and O–H groups in total. The average molecular weight is 360 g/mol. The third-order valence-corrected chi connectivity index (χ3v) is 3.86. The molecule has 1 aliphatic heterocycles. The van der Waals surface area contributed by atoms with E-state index >= 15 is 0 Å². The number of thiocarbonyl (C=S) groups is 1. The molecule has 2 aromatic carbocycles. The van der Waals surface area contributed by atoms with Crippen molar-refractivity contribution >= 4 is 23.0 Å². The van der Waals surface area contributed by atoms with E-state index < -0.39 is 0 Å². The van der Waals surface area contributed by atoms with Crippen molar-refractivity contribution in [2.75, 3.05) is 25.8 Å².